The summed E-state index contributed by atoms with van der Waals surface area (Å²) < 4.78 is 5.96. The molecule has 1 fully saturated rings. The number of nitrogens with one attached hydrogen (secondary N) is 3. The number of para-hydroxylation sites is 1. The van der Waals surface area contributed by atoms with Crippen LogP contribution in [0.1, 0.15) is 6.92 Å². The topological polar surface area (TPSA) is 102 Å². The summed E-state index contributed by atoms with van der Waals surface area (Å²) in [6.45, 7) is 2.26. The number of hydrazone groups is 1. The van der Waals surface area contributed by atoms with E-state index in [0.29, 0.717) is 18.2 Å². The van der Waals surface area contributed by atoms with Crippen molar-refractivity contribution in [3.8, 4) is 11.7 Å². The monoisotopic (exact) mass is 400 g/mol. The molecule has 1 amide bonds. The second kappa shape index (κ2) is 7.30. The zero-order valence-electron chi connectivity index (χ0n) is 16.6. The summed E-state index contributed by atoms with van der Waals surface area (Å²) in [7, 11) is 0. The van der Waals surface area contributed by atoms with Gasteiger partial charge in [0.15, 0.2) is 5.84 Å². The van der Waals surface area contributed by atoms with Gasteiger partial charge in [0.1, 0.15) is 18.4 Å². The summed E-state index contributed by atoms with van der Waals surface area (Å²) in [5.41, 5.74) is 6.11. The number of benzene rings is 2. The standard InChI is InChI=1S/C21H21BN6O2/c1-13-21(29)27-26-20-11-30-19-8-17(24-14-5-3-2-4-6-14)16(7-18(19)28(13)20)25-15-9-22(10-15)12-23/h2-8,13,15,24-25H,9-11H2,1H3,(H,27,29). The number of amides is 1. The van der Waals surface area contributed by atoms with Gasteiger partial charge in [0.2, 0.25) is 0 Å². The number of carbonyl (C=O) groups excluding carboxylic acids is 1. The molecule has 1 saturated heterocycles. The number of hydrogen-bond donors (Lipinski definition) is 3. The van der Waals surface area contributed by atoms with E-state index in [1.54, 1.807) is 0 Å². The first-order chi connectivity index (χ1) is 14.6. The maximum Gasteiger partial charge on any atom is 0.271 e. The fraction of sp³-hybridized carbons (Fsp3) is 0.286. The second-order valence-electron chi connectivity index (χ2n) is 7.83. The number of ether oxygens (including phenoxy) is 1. The van der Waals surface area contributed by atoms with Crippen LogP contribution in [0, 0.1) is 11.2 Å². The summed E-state index contributed by atoms with van der Waals surface area (Å²) in [4.78, 5) is 14.1. The molecule has 3 N–H and O–H groups in total. The van der Waals surface area contributed by atoms with Gasteiger partial charge in [-0.15, -0.1) is 0 Å². The highest BCUT2D eigenvalue weighted by Crippen LogP contribution is 2.43. The first-order valence-corrected chi connectivity index (χ1v) is 10.1. The highest BCUT2D eigenvalue weighted by Gasteiger charge is 2.37. The molecule has 9 heteroatoms. The Morgan fingerprint density at radius 1 is 1.27 bits per heavy atom. The third-order valence-corrected chi connectivity index (χ3v) is 5.79. The molecule has 3 aliphatic rings. The van der Waals surface area contributed by atoms with Crippen LogP contribution >= 0.6 is 0 Å². The van der Waals surface area contributed by atoms with E-state index < -0.39 is 0 Å². The van der Waals surface area contributed by atoms with Crippen LogP contribution in [0.4, 0.5) is 22.7 Å². The smallest absolute Gasteiger partial charge is 0.271 e. The van der Waals surface area contributed by atoms with Crippen molar-refractivity contribution in [2.75, 3.05) is 22.1 Å². The Hall–Kier alpha value is -3.67. The molecular formula is C21H21BN6O2. The molecular weight excluding hydrogens is 379 g/mol. The van der Waals surface area contributed by atoms with Crippen molar-refractivity contribution < 1.29 is 9.53 Å². The summed E-state index contributed by atoms with van der Waals surface area (Å²) in [6.07, 6.45) is 1.65. The van der Waals surface area contributed by atoms with Gasteiger partial charge in [0.25, 0.3) is 12.6 Å². The zero-order valence-corrected chi connectivity index (χ0v) is 16.6. The normalized spacial score (nSPS) is 19.9. The van der Waals surface area contributed by atoms with Gasteiger partial charge in [-0.2, -0.15) is 5.10 Å². The minimum Gasteiger partial charge on any atom is -0.483 e. The maximum atomic E-state index is 12.2. The van der Waals surface area contributed by atoms with Crippen LogP contribution in [0.3, 0.4) is 0 Å². The Labute approximate surface area is 175 Å². The number of carbonyl (C=O) groups is 1. The van der Waals surface area contributed by atoms with Crippen LogP contribution in [-0.4, -0.2) is 37.1 Å². The van der Waals surface area contributed by atoms with Gasteiger partial charge in [0.05, 0.1) is 17.1 Å². The fourth-order valence-corrected chi connectivity index (χ4v) is 4.03. The molecule has 0 spiro atoms. The summed E-state index contributed by atoms with van der Waals surface area (Å²) in [5.74, 6) is 3.55. The van der Waals surface area contributed by atoms with Crippen molar-refractivity contribution in [2.24, 2.45) is 5.10 Å². The van der Waals surface area contributed by atoms with Crippen LogP contribution < -0.4 is 25.7 Å². The third-order valence-electron chi connectivity index (χ3n) is 5.79. The number of rotatable bonds is 4. The molecule has 2 aromatic rings. The summed E-state index contributed by atoms with van der Waals surface area (Å²) in [6, 6.07) is 13.7. The molecule has 150 valence electrons. The van der Waals surface area contributed by atoms with Gasteiger partial charge in [0, 0.05) is 23.8 Å². The highest BCUT2D eigenvalue weighted by molar-refractivity contribution is 6.70. The SMILES string of the molecule is CC1C(=O)NN=C2COc3cc(Nc4ccccc4)c(NC4CB(C#N)C4)cc3N21. The molecule has 2 aromatic carbocycles. The van der Waals surface area contributed by atoms with E-state index >= 15 is 0 Å². The number of nitriles is 1. The van der Waals surface area contributed by atoms with Gasteiger partial charge >= 0.3 is 0 Å². The Bertz CT molecular complexity index is 1060. The number of fused-ring (bicyclic) bond motifs is 3. The van der Waals surface area contributed by atoms with E-state index in [2.05, 4.69) is 27.1 Å². The molecule has 1 unspecified atom stereocenters. The van der Waals surface area contributed by atoms with Crippen LogP contribution in [0.2, 0.25) is 12.6 Å². The van der Waals surface area contributed by atoms with Crippen molar-refractivity contribution in [3.05, 3.63) is 42.5 Å². The van der Waals surface area contributed by atoms with Crippen molar-refractivity contribution in [3.63, 3.8) is 0 Å². The summed E-state index contributed by atoms with van der Waals surface area (Å²) >= 11 is 0. The fourth-order valence-electron chi connectivity index (χ4n) is 4.03. The molecule has 0 bridgehead atoms. The molecule has 30 heavy (non-hydrogen) atoms. The molecule has 3 aliphatic heterocycles. The van der Waals surface area contributed by atoms with Crippen LogP contribution in [0.5, 0.6) is 5.75 Å². The number of amidine groups is 1. The average Bonchev–Trinajstić information content (AvgIpc) is 2.73. The van der Waals surface area contributed by atoms with Crippen molar-refractivity contribution in [2.45, 2.75) is 31.6 Å². The van der Waals surface area contributed by atoms with Crippen LogP contribution in [-0.2, 0) is 4.79 Å². The third kappa shape index (κ3) is 3.20. The quantitative estimate of drug-likeness (QED) is 0.683. The van der Waals surface area contributed by atoms with E-state index in [1.807, 2.05) is 54.3 Å². The van der Waals surface area contributed by atoms with E-state index in [1.165, 1.54) is 0 Å². The molecule has 5 rings (SSSR count). The van der Waals surface area contributed by atoms with Crippen molar-refractivity contribution in [1.82, 2.24) is 5.43 Å². The maximum absolute atomic E-state index is 12.2. The first-order valence-electron chi connectivity index (χ1n) is 10.1. The molecule has 8 nitrogen and oxygen atoms in total. The highest BCUT2D eigenvalue weighted by atomic mass is 16.5. The lowest BCUT2D eigenvalue weighted by atomic mass is 9.34. The number of nitrogens with zero attached hydrogens (tertiary/aromatic N) is 3. The Balaban J connectivity index is 1.53. The van der Waals surface area contributed by atoms with Crippen molar-refractivity contribution in [1.29, 1.82) is 5.26 Å². The molecule has 1 atom stereocenters. The molecule has 3 heterocycles. The second-order valence-corrected chi connectivity index (χ2v) is 7.83. The van der Waals surface area contributed by atoms with Gasteiger partial charge in [-0.3, -0.25) is 4.79 Å². The van der Waals surface area contributed by atoms with Gasteiger partial charge in [-0.1, -0.05) is 18.2 Å². The molecule has 0 aromatic heterocycles. The van der Waals surface area contributed by atoms with E-state index in [9.17, 15) is 4.79 Å². The minimum absolute atomic E-state index is 0.110. The molecule has 0 aliphatic carbocycles. The number of hydrogen-bond acceptors (Lipinski definition) is 7. The van der Waals surface area contributed by atoms with Crippen LogP contribution in [0.25, 0.3) is 0 Å². The summed E-state index contributed by atoms with van der Waals surface area (Å²) in [5, 5.41) is 20.3. The Kier molecular flexibility index (Phi) is 4.47. The zero-order chi connectivity index (χ0) is 20.7. The van der Waals surface area contributed by atoms with E-state index in [4.69, 9.17) is 10.00 Å². The van der Waals surface area contributed by atoms with Gasteiger partial charge < -0.3 is 20.3 Å². The lowest BCUT2D eigenvalue weighted by Crippen LogP contribution is -2.55. The molecule has 0 saturated carbocycles. The predicted octanol–water partition coefficient (Wildman–Crippen LogP) is 2.81. The van der Waals surface area contributed by atoms with Crippen molar-refractivity contribution >= 4 is 41.2 Å². The van der Waals surface area contributed by atoms with Crippen LogP contribution in [0.15, 0.2) is 47.6 Å². The van der Waals surface area contributed by atoms with E-state index in [0.717, 1.165) is 35.4 Å². The first kappa shape index (κ1) is 18.4. The molecule has 0 radical (unpaired) electrons. The van der Waals surface area contributed by atoms with Gasteiger partial charge in [-0.25, -0.2) is 10.7 Å². The average molecular weight is 400 g/mol. The Morgan fingerprint density at radius 3 is 2.83 bits per heavy atom. The number of anilines is 4. The largest absolute Gasteiger partial charge is 0.483 e. The minimum atomic E-state index is -0.382. The Morgan fingerprint density at radius 2 is 2.07 bits per heavy atom. The van der Waals surface area contributed by atoms with Gasteiger partial charge in [-0.05, 0) is 37.8 Å². The lowest BCUT2D eigenvalue weighted by Gasteiger charge is -2.39. The predicted molar refractivity (Wildman–Crippen MR) is 118 cm³/mol. The van der Waals surface area contributed by atoms with E-state index in [-0.39, 0.29) is 24.7 Å². The lowest BCUT2D eigenvalue weighted by molar-refractivity contribution is -0.122.